The molecule has 2 aromatic heterocycles. The Balaban J connectivity index is 1.94. The van der Waals surface area contributed by atoms with Gasteiger partial charge in [-0.25, -0.2) is 4.79 Å². The summed E-state index contributed by atoms with van der Waals surface area (Å²) in [6, 6.07) is 13.8. The van der Waals surface area contributed by atoms with Crippen molar-refractivity contribution >= 4 is 22.9 Å². The molecule has 1 unspecified atom stereocenters. The number of hydrogen-bond donors (Lipinski definition) is 3. The molecular formula is C17H13N3O2S. The van der Waals surface area contributed by atoms with Gasteiger partial charge < -0.3 is 5.32 Å². The van der Waals surface area contributed by atoms with Gasteiger partial charge in [-0.2, -0.15) is 0 Å². The molecule has 23 heavy (non-hydrogen) atoms. The van der Waals surface area contributed by atoms with E-state index < -0.39 is 5.69 Å². The van der Waals surface area contributed by atoms with Crippen LogP contribution in [-0.4, -0.2) is 9.97 Å². The fourth-order valence-electron chi connectivity index (χ4n) is 2.80. The summed E-state index contributed by atoms with van der Waals surface area (Å²) in [6.45, 7) is 0. The number of thiophene rings is 1. The Labute approximate surface area is 135 Å². The highest BCUT2D eigenvalue weighted by Gasteiger charge is 2.26. The molecule has 1 aromatic carbocycles. The van der Waals surface area contributed by atoms with Crippen LogP contribution in [0.25, 0.3) is 5.70 Å². The summed E-state index contributed by atoms with van der Waals surface area (Å²) in [5.41, 5.74) is 1.53. The molecule has 0 bridgehead atoms. The minimum atomic E-state index is -0.513. The van der Waals surface area contributed by atoms with Crippen molar-refractivity contribution in [1.29, 1.82) is 0 Å². The van der Waals surface area contributed by atoms with E-state index in [1.165, 1.54) is 0 Å². The molecule has 1 aliphatic heterocycles. The number of benzene rings is 1. The Hall–Kier alpha value is -2.86. The third-order valence-corrected chi connectivity index (χ3v) is 4.77. The van der Waals surface area contributed by atoms with Gasteiger partial charge in [0.2, 0.25) is 0 Å². The third-order valence-electron chi connectivity index (χ3n) is 3.82. The molecule has 3 heterocycles. The molecule has 3 aromatic rings. The lowest BCUT2D eigenvalue weighted by molar-refractivity contribution is 0.926. The number of H-pyrrole nitrogens is 2. The zero-order valence-electron chi connectivity index (χ0n) is 12.0. The van der Waals surface area contributed by atoms with Gasteiger partial charge >= 0.3 is 5.69 Å². The van der Waals surface area contributed by atoms with Crippen molar-refractivity contribution in [1.82, 2.24) is 9.97 Å². The van der Waals surface area contributed by atoms with Crippen molar-refractivity contribution < 1.29 is 0 Å². The Morgan fingerprint density at radius 1 is 0.957 bits per heavy atom. The maximum atomic E-state index is 12.3. The first-order valence-electron chi connectivity index (χ1n) is 7.16. The predicted octanol–water partition coefficient (Wildman–Crippen LogP) is 2.72. The first kappa shape index (κ1) is 13.8. The van der Waals surface area contributed by atoms with Gasteiger partial charge in [0.15, 0.2) is 0 Å². The van der Waals surface area contributed by atoms with Crippen LogP contribution in [0.15, 0.2) is 63.5 Å². The van der Waals surface area contributed by atoms with Gasteiger partial charge in [0.25, 0.3) is 5.56 Å². The molecule has 0 aliphatic carbocycles. The summed E-state index contributed by atoms with van der Waals surface area (Å²) in [7, 11) is 0. The highest BCUT2D eigenvalue weighted by Crippen LogP contribution is 2.37. The highest BCUT2D eigenvalue weighted by atomic mass is 32.1. The van der Waals surface area contributed by atoms with Crippen molar-refractivity contribution in [2.24, 2.45) is 0 Å². The van der Waals surface area contributed by atoms with Crippen LogP contribution >= 0.6 is 11.3 Å². The largest absolute Gasteiger partial charge is 0.341 e. The number of hydrogen-bond acceptors (Lipinski definition) is 4. The van der Waals surface area contributed by atoms with E-state index >= 15 is 0 Å². The Kier molecular flexibility index (Phi) is 3.24. The van der Waals surface area contributed by atoms with Gasteiger partial charge in [-0.15, -0.1) is 11.3 Å². The van der Waals surface area contributed by atoms with E-state index in [-0.39, 0.29) is 11.5 Å². The number of nitrogens with one attached hydrogen (secondary N) is 3. The van der Waals surface area contributed by atoms with E-state index in [4.69, 9.17) is 0 Å². The lowest BCUT2D eigenvalue weighted by Crippen LogP contribution is -2.31. The maximum absolute atomic E-state index is 12.3. The van der Waals surface area contributed by atoms with Gasteiger partial charge in [0.05, 0.1) is 5.56 Å². The van der Waals surface area contributed by atoms with Crippen LogP contribution in [0.5, 0.6) is 0 Å². The third kappa shape index (κ3) is 2.43. The molecule has 1 atom stereocenters. The van der Waals surface area contributed by atoms with Gasteiger partial charge in [0.1, 0.15) is 5.82 Å². The van der Waals surface area contributed by atoms with Crippen LogP contribution < -0.4 is 16.6 Å². The van der Waals surface area contributed by atoms with Crippen LogP contribution in [0.4, 0.5) is 5.82 Å². The fourth-order valence-corrected chi connectivity index (χ4v) is 3.60. The van der Waals surface area contributed by atoms with Crippen LogP contribution in [0.1, 0.15) is 21.9 Å². The summed E-state index contributed by atoms with van der Waals surface area (Å²) >= 11 is 1.59. The Bertz CT molecular complexity index is 985. The van der Waals surface area contributed by atoms with Crippen LogP contribution in [0.2, 0.25) is 0 Å². The number of allylic oxidation sites excluding steroid dienone is 1. The zero-order valence-corrected chi connectivity index (χ0v) is 12.8. The number of fused-ring (bicyclic) bond motifs is 1. The predicted molar refractivity (Wildman–Crippen MR) is 91.9 cm³/mol. The second-order valence-electron chi connectivity index (χ2n) is 5.26. The Morgan fingerprint density at radius 2 is 1.78 bits per heavy atom. The highest BCUT2D eigenvalue weighted by molar-refractivity contribution is 7.10. The lowest BCUT2D eigenvalue weighted by Gasteiger charge is -2.24. The smallest absolute Gasteiger partial charge is 0.327 e. The summed E-state index contributed by atoms with van der Waals surface area (Å²) in [5, 5.41) is 5.16. The molecule has 0 radical (unpaired) electrons. The van der Waals surface area contributed by atoms with Crippen molar-refractivity contribution in [2.45, 2.75) is 5.92 Å². The monoisotopic (exact) mass is 323 g/mol. The molecule has 4 rings (SSSR count). The average molecular weight is 323 g/mol. The van der Waals surface area contributed by atoms with E-state index in [2.05, 4.69) is 15.3 Å². The van der Waals surface area contributed by atoms with E-state index in [0.29, 0.717) is 11.4 Å². The molecule has 6 heteroatoms. The molecule has 0 saturated carbocycles. The van der Waals surface area contributed by atoms with Gasteiger partial charge in [-0.05, 0) is 23.1 Å². The van der Waals surface area contributed by atoms with Crippen molar-refractivity contribution in [2.75, 3.05) is 5.32 Å². The summed E-state index contributed by atoms with van der Waals surface area (Å²) in [6.07, 6.45) is 2.02. The van der Waals surface area contributed by atoms with Crippen LogP contribution in [-0.2, 0) is 0 Å². The van der Waals surface area contributed by atoms with E-state index in [9.17, 15) is 9.59 Å². The average Bonchev–Trinajstić information content (AvgIpc) is 3.08. The fraction of sp³-hybridized carbons (Fsp3) is 0.0588. The standard InChI is InChI=1S/C17H13N3O2S/c21-16-14-11(13-7-4-8-23-13)9-12(10-5-2-1-3-6-10)18-15(14)19-17(22)20-16/h1-9,11H,(H3,18,19,20,21,22). The Morgan fingerprint density at radius 3 is 2.52 bits per heavy atom. The second-order valence-corrected chi connectivity index (χ2v) is 6.24. The molecular weight excluding hydrogens is 310 g/mol. The van der Waals surface area contributed by atoms with E-state index in [1.807, 2.05) is 53.9 Å². The quantitative estimate of drug-likeness (QED) is 0.678. The van der Waals surface area contributed by atoms with Crippen molar-refractivity contribution in [3.05, 3.63) is 90.8 Å². The second kappa shape index (κ2) is 5.40. The van der Waals surface area contributed by atoms with Crippen molar-refractivity contribution in [3.8, 4) is 0 Å². The van der Waals surface area contributed by atoms with Crippen LogP contribution in [0.3, 0.4) is 0 Å². The zero-order chi connectivity index (χ0) is 15.8. The number of aromatic nitrogens is 2. The SMILES string of the molecule is O=c1[nH]c2c(c(=O)[nH]1)C(c1cccs1)C=C(c1ccccc1)N2. The van der Waals surface area contributed by atoms with Gasteiger partial charge in [0, 0.05) is 16.5 Å². The molecule has 0 spiro atoms. The van der Waals surface area contributed by atoms with Crippen LogP contribution in [0, 0.1) is 0 Å². The first-order valence-corrected chi connectivity index (χ1v) is 8.04. The minimum absolute atomic E-state index is 0.193. The lowest BCUT2D eigenvalue weighted by atomic mass is 9.93. The molecule has 3 N–H and O–H groups in total. The van der Waals surface area contributed by atoms with Crippen molar-refractivity contribution in [3.63, 3.8) is 0 Å². The number of aromatic amines is 2. The molecule has 114 valence electrons. The molecule has 1 aliphatic rings. The molecule has 0 fully saturated rings. The minimum Gasteiger partial charge on any atom is -0.341 e. The summed E-state index contributed by atoms with van der Waals surface area (Å²) in [5.74, 6) is 0.264. The normalized spacial score (nSPS) is 16.3. The summed E-state index contributed by atoms with van der Waals surface area (Å²) in [4.78, 5) is 30.0. The van der Waals surface area contributed by atoms with E-state index in [1.54, 1.807) is 11.3 Å². The number of rotatable bonds is 2. The van der Waals surface area contributed by atoms with Gasteiger partial charge in [-0.3, -0.25) is 14.8 Å². The summed E-state index contributed by atoms with van der Waals surface area (Å²) < 4.78 is 0. The maximum Gasteiger partial charge on any atom is 0.327 e. The first-order chi connectivity index (χ1) is 11.2. The molecule has 0 amide bonds. The van der Waals surface area contributed by atoms with E-state index in [0.717, 1.165) is 16.1 Å². The van der Waals surface area contributed by atoms with Gasteiger partial charge in [-0.1, -0.05) is 36.4 Å². The number of anilines is 1. The molecule has 0 saturated heterocycles. The molecule has 5 nitrogen and oxygen atoms in total. The topological polar surface area (TPSA) is 77.8 Å².